The molecule has 21 heavy (non-hydrogen) atoms. The Bertz CT molecular complexity index is 452. The second-order valence-electron chi connectivity index (χ2n) is 4.07. The molecule has 3 N–H and O–H groups in total. The highest BCUT2D eigenvalue weighted by Crippen LogP contribution is 2.37. The van der Waals surface area contributed by atoms with E-state index in [1.807, 2.05) is 6.26 Å². The Morgan fingerprint density at radius 1 is 1.38 bits per heavy atom. The molecule has 0 fully saturated rings. The number of benzene rings is 1. The lowest BCUT2D eigenvalue weighted by Gasteiger charge is -2.14. The van der Waals surface area contributed by atoms with Crippen molar-refractivity contribution in [2.24, 2.45) is 5.73 Å². The number of methoxy groups -OCH3 is 2. The summed E-state index contributed by atoms with van der Waals surface area (Å²) >= 11 is 5.04. The van der Waals surface area contributed by atoms with Crippen molar-refractivity contribution in [3.8, 4) is 11.5 Å². The molecule has 5 nitrogen and oxygen atoms in total. The standard InChI is InChI=1S/C13H19BrN2O3S.ClH/c1-18-10-6-8(7-11(19-2)12(10)14)16-13(17)9(15)4-5-20-3;/h6-7,9H,4-5,15H2,1-3H3,(H,16,17);1H. The van der Waals surface area contributed by atoms with Gasteiger partial charge < -0.3 is 20.5 Å². The number of carbonyl (C=O) groups excluding carboxylic acids is 1. The van der Waals surface area contributed by atoms with E-state index < -0.39 is 6.04 Å². The Balaban J connectivity index is 0.00000400. The predicted octanol–water partition coefficient (Wildman–Crippen LogP) is 2.91. The molecule has 0 saturated heterocycles. The Morgan fingerprint density at radius 2 is 1.90 bits per heavy atom. The smallest absolute Gasteiger partial charge is 0.241 e. The van der Waals surface area contributed by atoms with Crippen molar-refractivity contribution in [1.29, 1.82) is 0 Å². The van der Waals surface area contributed by atoms with Gasteiger partial charge >= 0.3 is 0 Å². The second-order valence-corrected chi connectivity index (χ2v) is 5.85. The molecule has 0 heterocycles. The number of ether oxygens (including phenoxy) is 2. The second kappa shape index (κ2) is 10.2. The van der Waals surface area contributed by atoms with Gasteiger partial charge in [0, 0.05) is 17.8 Å². The molecule has 1 rings (SSSR count). The fourth-order valence-electron chi connectivity index (χ4n) is 1.55. The maximum atomic E-state index is 12.0. The van der Waals surface area contributed by atoms with Crippen LogP contribution in [0.1, 0.15) is 6.42 Å². The maximum Gasteiger partial charge on any atom is 0.241 e. The average Bonchev–Trinajstić information content (AvgIpc) is 2.45. The van der Waals surface area contributed by atoms with Gasteiger partial charge in [0.2, 0.25) is 5.91 Å². The van der Waals surface area contributed by atoms with Crippen LogP contribution in [0.4, 0.5) is 5.69 Å². The number of anilines is 1. The maximum absolute atomic E-state index is 12.0. The van der Waals surface area contributed by atoms with Crippen LogP contribution >= 0.6 is 40.1 Å². The molecule has 1 unspecified atom stereocenters. The van der Waals surface area contributed by atoms with E-state index in [0.717, 1.165) is 5.75 Å². The molecule has 0 aliphatic heterocycles. The Morgan fingerprint density at radius 3 is 2.33 bits per heavy atom. The Kier molecular flexibility index (Phi) is 9.85. The van der Waals surface area contributed by atoms with E-state index in [1.165, 1.54) is 0 Å². The summed E-state index contributed by atoms with van der Waals surface area (Å²) in [5.41, 5.74) is 6.41. The van der Waals surface area contributed by atoms with E-state index in [2.05, 4.69) is 21.2 Å². The Hall–Kier alpha value is -0.630. The van der Waals surface area contributed by atoms with Gasteiger partial charge in [-0.1, -0.05) is 0 Å². The molecular formula is C13H20BrClN2O3S. The number of carbonyl (C=O) groups is 1. The molecule has 0 bridgehead atoms. The number of hydrogen-bond donors (Lipinski definition) is 2. The van der Waals surface area contributed by atoms with Crippen LogP contribution in [-0.4, -0.2) is 38.2 Å². The van der Waals surface area contributed by atoms with Crippen molar-refractivity contribution in [2.45, 2.75) is 12.5 Å². The van der Waals surface area contributed by atoms with Crippen LogP contribution < -0.4 is 20.5 Å². The molecule has 1 atom stereocenters. The van der Waals surface area contributed by atoms with Gasteiger partial charge in [0.05, 0.1) is 20.3 Å². The van der Waals surface area contributed by atoms with Crippen molar-refractivity contribution in [1.82, 2.24) is 0 Å². The molecule has 0 aliphatic rings. The first-order valence-corrected chi connectivity index (χ1v) is 8.19. The van der Waals surface area contributed by atoms with E-state index in [4.69, 9.17) is 15.2 Å². The first-order chi connectivity index (χ1) is 9.53. The van der Waals surface area contributed by atoms with Gasteiger partial charge in [-0.25, -0.2) is 0 Å². The monoisotopic (exact) mass is 398 g/mol. The molecule has 0 radical (unpaired) electrons. The average molecular weight is 400 g/mol. The zero-order valence-electron chi connectivity index (χ0n) is 12.1. The van der Waals surface area contributed by atoms with Crippen molar-refractivity contribution >= 4 is 51.7 Å². The molecule has 1 aromatic carbocycles. The summed E-state index contributed by atoms with van der Waals surface area (Å²) in [4.78, 5) is 12.0. The molecule has 0 aliphatic carbocycles. The fourth-order valence-corrected chi connectivity index (χ4v) is 2.59. The summed E-state index contributed by atoms with van der Waals surface area (Å²) < 4.78 is 11.1. The van der Waals surface area contributed by atoms with Crippen molar-refractivity contribution in [3.05, 3.63) is 16.6 Å². The van der Waals surface area contributed by atoms with Crippen LogP contribution in [0, 0.1) is 0 Å². The quantitative estimate of drug-likeness (QED) is 0.737. The van der Waals surface area contributed by atoms with Crippen molar-refractivity contribution in [3.63, 3.8) is 0 Å². The normalized spacial score (nSPS) is 11.3. The predicted molar refractivity (Wildman–Crippen MR) is 94.1 cm³/mol. The number of nitrogens with two attached hydrogens (primary N) is 1. The van der Waals surface area contributed by atoms with Gasteiger partial charge in [-0.3, -0.25) is 4.79 Å². The summed E-state index contributed by atoms with van der Waals surface area (Å²) in [6, 6.07) is 2.90. The molecule has 8 heteroatoms. The lowest BCUT2D eigenvalue weighted by molar-refractivity contribution is -0.117. The van der Waals surface area contributed by atoms with Gasteiger partial charge in [-0.05, 0) is 34.4 Å². The molecule has 0 spiro atoms. The minimum atomic E-state index is -0.525. The minimum Gasteiger partial charge on any atom is -0.495 e. The van der Waals surface area contributed by atoms with E-state index in [1.54, 1.807) is 38.1 Å². The summed E-state index contributed by atoms with van der Waals surface area (Å²) in [7, 11) is 3.10. The molecule has 1 aromatic rings. The first-order valence-electron chi connectivity index (χ1n) is 6.00. The molecule has 0 saturated carbocycles. The highest BCUT2D eigenvalue weighted by Gasteiger charge is 2.16. The van der Waals surface area contributed by atoms with Crippen LogP contribution in [0.5, 0.6) is 11.5 Å². The third-order valence-electron chi connectivity index (χ3n) is 2.68. The van der Waals surface area contributed by atoms with Crippen LogP contribution in [0.3, 0.4) is 0 Å². The number of amides is 1. The fraction of sp³-hybridized carbons (Fsp3) is 0.462. The van der Waals surface area contributed by atoms with Gasteiger partial charge in [-0.2, -0.15) is 11.8 Å². The number of thioether (sulfide) groups is 1. The van der Waals surface area contributed by atoms with E-state index in [-0.39, 0.29) is 18.3 Å². The molecule has 0 aromatic heterocycles. The van der Waals surface area contributed by atoms with Gasteiger partial charge in [-0.15, -0.1) is 12.4 Å². The largest absolute Gasteiger partial charge is 0.495 e. The molecule has 120 valence electrons. The number of rotatable bonds is 7. The number of hydrogen-bond acceptors (Lipinski definition) is 5. The zero-order valence-corrected chi connectivity index (χ0v) is 15.4. The highest BCUT2D eigenvalue weighted by molar-refractivity contribution is 9.10. The van der Waals surface area contributed by atoms with Gasteiger partial charge in [0.15, 0.2) is 0 Å². The SMILES string of the molecule is COc1cc(NC(=O)C(N)CCSC)cc(OC)c1Br.Cl. The van der Waals surface area contributed by atoms with Crippen LogP contribution in [0.15, 0.2) is 16.6 Å². The van der Waals surface area contributed by atoms with Crippen LogP contribution in [0.2, 0.25) is 0 Å². The van der Waals surface area contributed by atoms with E-state index >= 15 is 0 Å². The number of halogens is 2. The van der Waals surface area contributed by atoms with E-state index in [9.17, 15) is 4.79 Å². The zero-order chi connectivity index (χ0) is 15.1. The van der Waals surface area contributed by atoms with Gasteiger partial charge in [0.1, 0.15) is 16.0 Å². The minimum absolute atomic E-state index is 0. The lowest BCUT2D eigenvalue weighted by Crippen LogP contribution is -2.36. The lowest BCUT2D eigenvalue weighted by atomic mass is 10.2. The summed E-state index contributed by atoms with van der Waals surface area (Å²) in [6.07, 6.45) is 2.62. The first kappa shape index (κ1) is 20.4. The van der Waals surface area contributed by atoms with Crippen LogP contribution in [0.25, 0.3) is 0 Å². The molecular weight excluding hydrogens is 380 g/mol. The summed E-state index contributed by atoms with van der Waals surface area (Å²) in [5, 5.41) is 2.77. The summed E-state index contributed by atoms with van der Waals surface area (Å²) in [6.45, 7) is 0. The summed E-state index contributed by atoms with van der Waals surface area (Å²) in [5.74, 6) is 1.79. The van der Waals surface area contributed by atoms with Crippen molar-refractivity contribution in [2.75, 3.05) is 31.5 Å². The number of nitrogens with one attached hydrogen (secondary N) is 1. The molecule has 1 amide bonds. The van der Waals surface area contributed by atoms with Crippen molar-refractivity contribution < 1.29 is 14.3 Å². The van der Waals surface area contributed by atoms with Gasteiger partial charge in [0.25, 0.3) is 0 Å². The van der Waals surface area contributed by atoms with Crippen LogP contribution in [-0.2, 0) is 4.79 Å². The Labute approximate surface area is 143 Å². The highest BCUT2D eigenvalue weighted by atomic mass is 79.9. The third-order valence-corrected chi connectivity index (χ3v) is 4.11. The van der Waals surface area contributed by atoms with E-state index in [0.29, 0.717) is 28.1 Å². The third kappa shape index (κ3) is 5.94. The topological polar surface area (TPSA) is 73.6 Å².